The Bertz CT molecular complexity index is 833. The van der Waals surface area contributed by atoms with Crippen molar-refractivity contribution in [1.82, 2.24) is 0 Å². The van der Waals surface area contributed by atoms with Gasteiger partial charge in [-0.2, -0.15) is 13.2 Å². The van der Waals surface area contributed by atoms with Crippen molar-refractivity contribution in [3.63, 3.8) is 0 Å². The van der Waals surface area contributed by atoms with E-state index in [0.29, 0.717) is 16.1 Å². The Morgan fingerprint density at radius 1 is 1.08 bits per heavy atom. The van der Waals surface area contributed by atoms with Crippen molar-refractivity contribution in [1.29, 1.82) is 0 Å². The summed E-state index contributed by atoms with van der Waals surface area (Å²) in [5.41, 5.74) is 3.53. The minimum Gasteiger partial charge on any atom is -0.496 e. The number of benzene rings is 2. The van der Waals surface area contributed by atoms with E-state index < -0.39 is 12.3 Å². The number of hydrogen-bond acceptors (Lipinski definition) is 2. The van der Waals surface area contributed by atoms with Crippen LogP contribution in [-0.2, 0) is 0 Å². The van der Waals surface area contributed by atoms with Gasteiger partial charge in [0.2, 0.25) is 6.10 Å². The molecule has 2 aromatic carbocycles. The smallest absolute Gasteiger partial charge is 0.429 e. The Balaban J connectivity index is 2.16. The molecule has 1 heterocycles. The Kier molecular flexibility index (Phi) is 4.45. The second-order valence-corrected chi connectivity index (χ2v) is 6.39. The Morgan fingerprint density at radius 2 is 1.72 bits per heavy atom. The molecule has 0 radical (unpaired) electrons. The lowest BCUT2D eigenvalue weighted by Crippen LogP contribution is -2.34. The molecule has 0 saturated heterocycles. The molecule has 0 aromatic heterocycles. The molecule has 0 N–H and O–H groups in total. The molecule has 132 valence electrons. The Hall–Kier alpha value is -2.14. The van der Waals surface area contributed by atoms with Gasteiger partial charge in [0.15, 0.2) is 0 Å². The molecule has 2 nitrogen and oxygen atoms in total. The predicted molar refractivity (Wildman–Crippen MR) is 92.4 cm³/mol. The largest absolute Gasteiger partial charge is 0.496 e. The Labute approximate surface area is 148 Å². The molecule has 25 heavy (non-hydrogen) atoms. The van der Waals surface area contributed by atoms with Crippen molar-refractivity contribution in [2.45, 2.75) is 26.1 Å². The maximum Gasteiger partial charge on any atom is 0.429 e. The molecule has 3 rings (SSSR count). The first-order chi connectivity index (χ1) is 11.7. The molecule has 0 amide bonds. The van der Waals surface area contributed by atoms with E-state index >= 15 is 0 Å². The lowest BCUT2D eigenvalue weighted by molar-refractivity contribution is -0.180. The van der Waals surface area contributed by atoms with Gasteiger partial charge in [-0.05, 0) is 60.9 Å². The predicted octanol–water partition coefficient (Wildman–Crippen LogP) is 5.97. The zero-order valence-corrected chi connectivity index (χ0v) is 14.6. The van der Waals surface area contributed by atoms with E-state index in [4.69, 9.17) is 21.1 Å². The quantitative estimate of drug-likeness (QED) is 0.650. The highest BCUT2D eigenvalue weighted by atomic mass is 35.5. The van der Waals surface area contributed by atoms with Crippen LogP contribution in [0, 0.1) is 13.8 Å². The molecule has 0 fully saturated rings. The molecule has 2 aromatic rings. The number of aryl methyl sites for hydroxylation is 2. The fourth-order valence-corrected chi connectivity index (χ4v) is 3.27. The van der Waals surface area contributed by atoms with Crippen LogP contribution in [0.1, 0.15) is 16.7 Å². The zero-order valence-electron chi connectivity index (χ0n) is 13.9. The van der Waals surface area contributed by atoms with Crippen LogP contribution in [0.15, 0.2) is 30.3 Å². The summed E-state index contributed by atoms with van der Waals surface area (Å²) < 4.78 is 49.8. The lowest BCUT2D eigenvalue weighted by Gasteiger charge is -2.26. The van der Waals surface area contributed by atoms with Crippen LogP contribution in [-0.4, -0.2) is 19.4 Å². The van der Waals surface area contributed by atoms with Gasteiger partial charge in [0, 0.05) is 16.1 Å². The summed E-state index contributed by atoms with van der Waals surface area (Å²) in [5, 5.41) is 0.429. The first-order valence-corrected chi connectivity index (χ1v) is 7.99. The van der Waals surface area contributed by atoms with Gasteiger partial charge in [0.1, 0.15) is 11.5 Å². The number of alkyl halides is 3. The van der Waals surface area contributed by atoms with Gasteiger partial charge in [-0.15, -0.1) is 0 Å². The third-order valence-electron chi connectivity index (χ3n) is 4.08. The minimum absolute atomic E-state index is 0.179. The lowest BCUT2D eigenvalue weighted by atomic mass is 9.96. The van der Waals surface area contributed by atoms with Crippen molar-refractivity contribution >= 4 is 17.7 Å². The summed E-state index contributed by atoms with van der Waals surface area (Å²) in [6.45, 7) is 3.76. The second-order valence-electron chi connectivity index (χ2n) is 5.95. The highest BCUT2D eigenvalue weighted by molar-refractivity contribution is 6.31. The highest BCUT2D eigenvalue weighted by Gasteiger charge is 2.42. The van der Waals surface area contributed by atoms with Crippen molar-refractivity contribution in [3.8, 4) is 22.6 Å². The maximum absolute atomic E-state index is 13.1. The van der Waals surface area contributed by atoms with Gasteiger partial charge in [-0.25, -0.2) is 0 Å². The average Bonchev–Trinajstić information content (AvgIpc) is 2.52. The molecule has 0 aliphatic carbocycles. The monoisotopic (exact) mass is 368 g/mol. The van der Waals surface area contributed by atoms with Crippen LogP contribution in [0.4, 0.5) is 13.2 Å². The zero-order chi connectivity index (χ0) is 18.4. The van der Waals surface area contributed by atoms with Gasteiger partial charge in [0.25, 0.3) is 0 Å². The van der Waals surface area contributed by atoms with Crippen LogP contribution in [0.2, 0.25) is 5.02 Å². The van der Waals surface area contributed by atoms with Crippen molar-refractivity contribution in [2.75, 3.05) is 7.11 Å². The van der Waals surface area contributed by atoms with E-state index in [1.54, 1.807) is 19.2 Å². The van der Waals surface area contributed by atoms with Crippen molar-refractivity contribution < 1.29 is 22.6 Å². The molecule has 1 aliphatic heterocycles. The summed E-state index contributed by atoms with van der Waals surface area (Å²) in [6.07, 6.45) is -4.06. The molecule has 1 unspecified atom stereocenters. The van der Waals surface area contributed by atoms with Gasteiger partial charge in [-0.1, -0.05) is 17.7 Å². The number of fused-ring (bicyclic) bond motifs is 1. The number of ether oxygens (including phenoxy) is 2. The van der Waals surface area contributed by atoms with E-state index in [2.05, 4.69) is 0 Å². The maximum atomic E-state index is 13.1. The average molecular weight is 369 g/mol. The van der Waals surface area contributed by atoms with E-state index in [9.17, 15) is 13.2 Å². The van der Waals surface area contributed by atoms with E-state index in [1.165, 1.54) is 6.08 Å². The molecule has 0 saturated carbocycles. The number of methoxy groups -OCH3 is 1. The molecule has 1 atom stereocenters. The number of hydrogen-bond donors (Lipinski definition) is 0. The number of rotatable bonds is 2. The molecule has 0 spiro atoms. The standard InChI is InChI=1S/C19H16ClF3O2/c1-10-6-13(7-11(2)17(10)24-3)15-9-14(20)8-12-4-5-16(19(21,22)23)25-18(12)15/h4-9,16H,1-3H3. The van der Waals surface area contributed by atoms with Crippen LogP contribution in [0.5, 0.6) is 11.5 Å². The molecule has 6 heteroatoms. The van der Waals surface area contributed by atoms with Crippen LogP contribution in [0.3, 0.4) is 0 Å². The molecule has 0 bridgehead atoms. The normalized spacial score (nSPS) is 16.4. The first kappa shape index (κ1) is 17.7. The van der Waals surface area contributed by atoms with Gasteiger partial charge in [-0.3, -0.25) is 0 Å². The minimum atomic E-state index is -4.48. The highest BCUT2D eigenvalue weighted by Crippen LogP contribution is 2.43. The Morgan fingerprint density at radius 3 is 2.28 bits per heavy atom. The fraction of sp³-hybridized carbons (Fsp3) is 0.263. The first-order valence-electron chi connectivity index (χ1n) is 7.61. The van der Waals surface area contributed by atoms with E-state index in [0.717, 1.165) is 28.5 Å². The van der Waals surface area contributed by atoms with Gasteiger partial charge < -0.3 is 9.47 Å². The third kappa shape index (κ3) is 3.33. The third-order valence-corrected chi connectivity index (χ3v) is 4.29. The molecule has 1 aliphatic rings. The summed E-state index contributed by atoms with van der Waals surface area (Å²) in [7, 11) is 1.58. The van der Waals surface area contributed by atoms with Crippen LogP contribution >= 0.6 is 11.6 Å². The van der Waals surface area contributed by atoms with Crippen LogP contribution < -0.4 is 9.47 Å². The van der Waals surface area contributed by atoms with Crippen LogP contribution in [0.25, 0.3) is 17.2 Å². The van der Waals surface area contributed by atoms with Crippen molar-refractivity contribution in [3.05, 3.63) is 52.1 Å². The summed E-state index contributed by atoms with van der Waals surface area (Å²) in [5.74, 6) is 0.923. The van der Waals surface area contributed by atoms with Crippen molar-refractivity contribution in [2.24, 2.45) is 0 Å². The second kappa shape index (κ2) is 6.30. The van der Waals surface area contributed by atoms with Gasteiger partial charge in [0.05, 0.1) is 7.11 Å². The molecular formula is C19H16ClF3O2. The van der Waals surface area contributed by atoms with E-state index in [-0.39, 0.29) is 5.75 Å². The van der Waals surface area contributed by atoms with Gasteiger partial charge >= 0.3 is 6.18 Å². The summed E-state index contributed by atoms with van der Waals surface area (Å²) in [4.78, 5) is 0. The summed E-state index contributed by atoms with van der Waals surface area (Å²) in [6, 6.07) is 6.91. The summed E-state index contributed by atoms with van der Waals surface area (Å²) >= 11 is 6.16. The fourth-order valence-electron chi connectivity index (χ4n) is 3.05. The SMILES string of the molecule is COc1c(C)cc(-c2cc(Cl)cc3c2OC(C(F)(F)F)C=C3)cc1C. The topological polar surface area (TPSA) is 18.5 Å². The number of halogens is 4. The van der Waals surface area contributed by atoms with E-state index in [1.807, 2.05) is 26.0 Å². The molecular weight excluding hydrogens is 353 g/mol.